The van der Waals surface area contributed by atoms with Gasteiger partial charge < -0.3 is 19.3 Å². The van der Waals surface area contributed by atoms with Crippen molar-refractivity contribution < 1.29 is 56.3 Å². The predicted molar refractivity (Wildman–Crippen MR) is 174 cm³/mol. The molecule has 0 spiro atoms. The molecule has 2 N–H and O–H groups in total. The number of unbranched alkanes of at least 4 members (excludes halogenated alkanes) is 2. The summed E-state index contributed by atoms with van der Waals surface area (Å²) in [5.74, 6) is -4.43. The molecule has 0 saturated carbocycles. The van der Waals surface area contributed by atoms with Gasteiger partial charge in [0.05, 0.1) is 30.8 Å². The van der Waals surface area contributed by atoms with Crippen LogP contribution in [-0.4, -0.2) is 95.9 Å². The van der Waals surface area contributed by atoms with Crippen LogP contribution in [0, 0.1) is 11.8 Å². The number of hydrogen-bond acceptors (Lipinski definition) is 10. The van der Waals surface area contributed by atoms with Crippen molar-refractivity contribution in [2.24, 2.45) is 11.8 Å². The Bertz CT molecular complexity index is 1190. The molecule has 0 radical (unpaired) electrons. The molecular formula is C32H51NaO12S. The molecule has 0 aromatic heterocycles. The van der Waals surface area contributed by atoms with Gasteiger partial charge in [0, 0.05) is 6.42 Å². The molecule has 14 heteroatoms. The number of aromatic carboxylic acids is 1. The van der Waals surface area contributed by atoms with Gasteiger partial charge in [-0.15, -0.1) is 0 Å². The molecule has 258 valence electrons. The van der Waals surface area contributed by atoms with E-state index in [-0.39, 0.29) is 72.2 Å². The van der Waals surface area contributed by atoms with E-state index in [0.717, 1.165) is 51.4 Å². The summed E-state index contributed by atoms with van der Waals surface area (Å²) in [5, 5.41) is 6.91. The molecule has 0 fully saturated rings. The van der Waals surface area contributed by atoms with Crippen molar-refractivity contribution in [1.82, 2.24) is 0 Å². The number of carbonyl (C=O) groups is 5. The SMILES string of the molecule is CCCC(=O)OC(=O)c1ccccc1C(=O)O.CCCCC(CC)COC(=O)CC(C(=O)OCC(CC)CCCC)S(=O)(=O)O.[NaH]. The number of carbonyl (C=O) groups excluding carboxylic acids is 4. The molecule has 0 saturated heterocycles. The van der Waals surface area contributed by atoms with Crippen LogP contribution in [0.3, 0.4) is 0 Å². The average molecular weight is 683 g/mol. The molecule has 0 heterocycles. The minimum absolute atomic E-state index is 0. The molecule has 1 aromatic rings. The van der Waals surface area contributed by atoms with E-state index in [0.29, 0.717) is 6.42 Å². The third kappa shape index (κ3) is 19.4. The average Bonchev–Trinajstić information content (AvgIpc) is 2.99. The summed E-state index contributed by atoms with van der Waals surface area (Å²) >= 11 is 0. The number of carboxylic acids is 1. The Morgan fingerprint density at radius 2 is 1.26 bits per heavy atom. The van der Waals surface area contributed by atoms with Crippen molar-refractivity contribution in [3.05, 3.63) is 35.4 Å². The maximum atomic E-state index is 12.2. The fourth-order valence-corrected chi connectivity index (χ4v) is 4.74. The Morgan fingerprint density at radius 3 is 1.70 bits per heavy atom. The summed E-state index contributed by atoms with van der Waals surface area (Å²) in [5.41, 5.74) is -0.300. The van der Waals surface area contributed by atoms with E-state index in [1.165, 1.54) is 24.3 Å². The van der Waals surface area contributed by atoms with Gasteiger partial charge in [0.15, 0.2) is 5.25 Å². The molecule has 0 aliphatic carbocycles. The van der Waals surface area contributed by atoms with Crippen LogP contribution in [0.2, 0.25) is 0 Å². The Hall–Kier alpha value is -2.32. The van der Waals surface area contributed by atoms with Gasteiger partial charge in [-0.05, 0) is 43.2 Å². The molecule has 1 rings (SSSR count). The summed E-state index contributed by atoms with van der Waals surface area (Å²) in [4.78, 5) is 57.7. The van der Waals surface area contributed by atoms with Crippen molar-refractivity contribution in [2.45, 2.75) is 110 Å². The normalized spacial score (nSPS) is 12.7. The van der Waals surface area contributed by atoms with Crippen LogP contribution in [0.15, 0.2) is 24.3 Å². The van der Waals surface area contributed by atoms with E-state index in [9.17, 15) is 36.9 Å². The van der Waals surface area contributed by atoms with Crippen molar-refractivity contribution in [3.63, 3.8) is 0 Å². The molecule has 0 amide bonds. The Morgan fingerprint density at radius 1 is 0.761 bits per heavy atom. The van der Waals surface area contributed by atoms with Gasteiger partial charge in [-0.3, -0.25) is 18.9 Å². The Labute approximate surface area is 295 Å². The molecule has 0 aliphatic rings. The molecule has 1 aromatic carbocycles. The first-order chi connectivity index (χ1) is 21.2. The molecule has 3 atom stereocenters. The van der Waals surface area contributed by atoms with Gasteiger partial charge in [0.1, 0.15) is 0 Å². The van der Waals surface area contributed by atoms with E-state index in [2.05, 4.69) is 18.6 Å². The number of hydrogen-bond donors (Lipinski definition) is 2. The molecule has 0 bridgehead atoms. The third-order valence-corrected chi connectivity index (χ3v) is 8.12. The van der Waals surface area contributed by atoms with Gasteiger partial charge >= 0.3 is 59.4 Å². The van der Waals surface area contributed by atoms with E-state index in [1.807, 2.05) is 13.8 Å². The van der Waals surface area contributed by atoms with Crippen LogP contribution in [0.1, 0.15) is 126 Å². The summed E-state index contributed by atoms with van der Waals surface area (Å²) in [6, 6.07) is 5.59. The van der Waals surface area contributed by atoms with Gasteiger partial charge in [-0.1, -0.05) is 85.3 Å². The van der Waals surface area contributed by atoms with Crippen LogP contribution in [0.5, 0.6) is 0 Å². The quantitative estimate of drug-likeness (QED) is 0.0589. The standard InChI is InChI=1S/C20H38O7S.C12H12O5.Na.H/c1-5-9-11-16(7-3)14-26-19(21)13-18(28(23,24)25)20(22)27-15-17(8-4)12-10-6-2;1-2-5-10(13)17-12(16)9-7-4-3-6-8(9)11(14)15;;/h16-18H,5-15H2,1-4H3,(H,23,24,25);3-4,6-7H,2,5H2,1H3,(H,14,15);;. The van der Waals surface area contributed by atoms with Gasteiger partial charge in [0.2, 0.25) is 0 Å². The zero-order chi connectivity index (χ0) is 34.4. The number of esters is 4. The number of rotatable bonds is 20. The fraction of sp³-hybridized carbons (Fsp3) is 0.656. The van der Waals surface area contributed by atoms with E-state index >= 15 is 0 Å². The second kappa shape index (κ2) is 25.7. The first-order valence-electron chi connectivity index (χ1n) is 15.6. The number of carboxylic acid groups (broad SMARTS) is 1. The van der Waals surface area contributed by atoms with Crippen LogP contribution in [0.4, 0.5) is 0 Å². The van der Waals surface area contributed by atoms with E-state index in [4.69, 9.17) is 14.6 Å². The zero-order valence-corrected chi connectivity index (χ0v) is 27.9. The van der Waals surface area contributed by atoms with Gasteiger partial charge in [-0.25, -0.2) is 9.59 Å². The Balaban J connectivity index is 0. The predicted octanol–water partition coefficient (Wildman–Crippen LogP) is 5.37. The van der Waals surface area contributed by atoms with Crippen LogP contribution in [-0.2, 0) is 38.7 Å². The maximum absolute atomic E-state index is 12.2. The molecule has 3 unspecified atom stereocenters. The minimum atomic E-state index is -4.76. The van der Waals surface area contributed by atoms with Crippen LogP contribution < -0.4 is 0 Å². The van der Waals surface area contributed by atoms with Crippen molar-refractivity contribution in [2.75, 3.05) is 13.2 Å². The molecule has 46 heavy (non-hydrogen) atoms. The topological polar surface area (TPSA) is 188 Å². The number of benzene rings is 1. The van der Waals surface area contributed by atoms with Crippen LogP contribution >= 0.6 is 0 Å². The fourth-order valence-electron chi connectivity index (χ4n) is 4.08. The molecule has 12 nitrogen and oxygen atoms in total. The van der Waals surface area contributed by atoms with Crippen molar-refractivity contribution in [3.8, 4) is 0 Å². The molecular weight excluding hydrogens is 631 g/mol. The molecule has 0 aliphatic heterocycles. The number of ether oxygens (including phenoxy) is 3. The van der Waals surface area contributed by atoms with Crippen molar-refractivity contribution in [1.29, 1.82) is 0 Å². The second-order valence-electron chi connectivity index (χ2n) is 10.7. The zero-order valence-electron chi connectivity index (χ0n) is 27.1. The summed E-state index contributed by atoms with van der Waals surface area (Å²) in [7, 11) is -4.76. The summed E-state index contributed by atoms with van der Waals surface area (Å²) in [6.07, 6.45) is 7.43. The van der Waals surface area contributed by atoms with E-state index < -0.39 is 51.6 Å². The Kier molecular flexibility index (Phi) is 25.6. The van der Waals surface area contributed by atoms with Gasteiger partial charge in [0.25, 0.3) is 10.1 Å². The monoisotopic (exact) mass is 682 g/mol. The summed E-state index contributed by atoms with van der Waals surface area (Å²) < 4.78 is 47.3. The first-order valence-corrected chi connectivity index (χ1v) is 17.1. The first kappa shape index (κ1) is 45.8. The van der Waals surface area contributed by atoms with Crippen molar-refractivity contribution >= 4 is 69.5 Å². The van der Waals surface area contributed by atoms with Crippen LogP contribution in [0.25, 0.3) is 0 Å². The van der Waals surface area contributed by atoms with E-state index in [1.54, 1.807) is 6.92 Å². The third-order valence-electron chi connectivity index (χ3n) is 7.04. The summed E-state index contributed by atoms with van der Waals surface area (Å²) in [6.45, 7) is 10.1. The second-order valence-corrected chi connectivity index (χ2v) is 12.3. The van der Waals surface area contributed by atoms with Gasteiger partial charge in [-0.2, -0.15) is 8.42 Å².